The molecule has 1 amide bonds. The van der Waals surface area contributed by atoms with Gasteiger partial charge in [0, 0.05) is 37.1 Å². The second-order valence-electron chi connectivity index (χ2n) is 3.97. The van der Waals surface area contributed by atoms with Crippen molar-refractivity contribution in [2.75, 3.05) is 13.1 Å². The summed E-state index contributed by atoms with van der Waals surface area (Å²) >= 11 is 0. The third kappa shape index (κ3) is 2.37. The molecule has 3 N–H and O–H groups in total. The van der Waals surface area contributed by atoms with Gasteiger partial charge in [0.05, 0.1) is 0 Å². The molecule has 0 saturated carbocycles. The Morgan fingerprint density at radius 1 is 1.38 bits per heavy atom. The van der Waals surface area contributed by atoms with E-state index in [1.807, 2.05) is 4.90 Å². The molecule has 0 bridgehead atoms. The van der Waals surface area contributed by atoms with Crippen LogP contribution in [0, 0.1) is 0 Å². The summed E-state index contributed by atoms with van der Waals surface area (Å²) < 4.78 is 0. The van der Waals surface area contributed by atoms with Crippen LogP contribution in [0.3, 0.4) is 0 Å². The average molecular weight is 220 g/mol. The van der Waals surface area contributed by atoms with Crippen LogP contribution in [0.5, 0.6) is 0 Å². The molecule has 0 unspecified atom stereocenters. The Kier molecular flexibility index (Phi) is 3.48. The summed E-state index contributed by atoms with van der Waals surface area (Å²) in [6.07, 6.45) is 5.10. The minimum atomic E-state index is 0.0814. The number of carbonyl (C=O) groups is 1. The molecule has 5 nitrogen and oxygen atoms in total. The molecule has 86 valence electrons. The highest BCUT2D eigenvalue weighted by atomic mass is 16.2. The molecule has 1 saturated heterocycles. The molecular weight excluding hydrogens is 204 g/mol. The molecule has 1 aromatic heterocycles. The van der Waals surface area contributed by atoms with E-state index in [9.17, 15) is 4.79 Å². The van der Waals surface area contributed by atoms with Crippen molar-refractivity contribution < 1.29 is 4.79 Å². The molecule has 0 radical (unpaired) electrons. The molecule has 1 fully saturated rings. The third-order valence-electron chi connectivity index (χ3n) is 2.95. The zero-order chi connectivity index (χ0) is 11.4. The molecule has 0 spiro atoms. The van der Waals surface area contributed by atoms with Crippen LogP contribution in [0.2, 0.25) is 0 Å². The van der Waals surface area contributed by atoms with Crippen molar-refractivity contribution in [1.29, 1.82) is 0 Å². The predicted octanol–water partition coefficient (Wildman–Crippen LogP) is 0.150. The van der Waals surface area contributed by atoms with Crippen molar-refractivity contribution in [1.82, 2.24) is 15.3 Å². The fraction of sp³-hybridized carbons (Fsp3) is 0.455. The first kappa shape index (κ1) is 11.0. The molecule has 16 heavy (non-hydrogen) atoms. The fourth-order valence-corrected chi connectivity index (χ4v) is 1.93. The molecule has 1 aromatic rings. The number of aromatic nitrogens is 1. The van der Waals surface area contributed by atoms with Crippen LogP contribution in [-0.2, 0) is 0 Å². The molecular formula is C11H16N4O. The lowest BCUT2D eigenvalue weighted by Gasteiger charge is -2.31. The highest BCUT2D eigenvalue weighted by molar-refractivity contribution is 5.94. The first-order valence-corrected chi connectivity index (χ1v) is 5.46. The van der Waals surface area contributed by atoms with E-state index in [0.717, 1.165) is 25.9 Å². The van der Waals surface area contributed by atoms with E-state index in [1.165, 1.54) is 0 Å². The first-order valence-electron chi connectivity index (χ1n) is 5.46. The van der Waals surface area contributed by atoms with Gasteiger partial charge in [-0.25, -0.2) is 0 Å². The lowest BCUT2D eigenvalue weighted by Crippen LogP contribution is -2.46. The Bertz CT molecular complexity index is 346. The van der Waals surface area contributed by atoms with Gasteiger partial charge in [-0.15, -0.1) is 0 Å². The minimum Gasteiger partial charge on any atom is -0.339 e. The van der Waals surface area contributed by atoms with Gasteiger partial charge in [-0.05, 0) is 25.0 Å². The van der Waals surface area contributed by atoms with Crippen molar-refractivity contribution >= 4 is 5.91 Å². The van der Waals surface area contributed by atoms with Gasteiger partial charge in [0.15, 0.2) is 0 Å². The predicted molar refractivity (Wildman–Crippen MR) is 60.5 cm³/mol. The Balaban J connectivity index is 1.97. The molecule has 1 aliphatic heterocycles. The lowest BCUT2D eigenvalue weighted by molar-refractivity contribution is 0.0705. The van der Waals surface area contributed by atoms with Gasteiger partial charge in [0.2, 0.25) is 0 Å². The van der Waals surface area contributed by atoms with Crippen LogP contribution in [0.25, 0.3) is 0 Å². The zero-order valence-electron chi connectivity index (χ0n) is 9.10. The van der Waals surface area contributed by atoms with Crippen molar-refractivity contribution in [3.63, 3.8) is 0 Å². The summed E-state index contributed by atoms with van der Waals surface area (Å²) in [6.45, 7) is 1.52. The number of nitrogens with one attached hydrogen (secondary N) is 1. The number of pyridine rings is 1. The molecule has 0 atom stereocenters. The van der Waals surface area contributed by atoms with Gasteiger partial charge in [0.1, 0.15) is 0 Å². The number of nitrogens with zero attached hydrogens (tertiary/aromatic N) is 2. The standard InChI is InChI=1S/C11H16N4O/c12-14-10-3-7-15(8-4-10)11(16)9-1-5-13-6-2-9/h1-2,5-6,10,14H,3-4,7-8,12H2. The van der Waals surface area contributed by atoms with Gasteiger partial charge in [-0.2, -0.15) is 0 Å². The van der Waals surface area contributed by atoms with Gasteiger partial charge in [-0.1, -0.05) is 0 Å². The van der Waals surface area contributed by atoms with Gasteiger partial charge < -0.3 is 4.90 Å². The number of rotatable bonds is 2. The Morgan fingerprint density at radius 3 is 2.56 bits per heavy atom. The Hall–Kier alpha value is -1.46. The molecule has 0 aromatic carbocycles. The van der Waals surface area contributed by atoms with Crippen LogP contribution in [-0.4, -0.2) is 34.9 Å². The zero-order valence-corrected chi connectivity index (χ0v) is 9.10. The number of likely N-dealkylation sites (tertiary alicyclic amines) is 1. The quantitative estimate of drug-likeness (QED) is 0.550. The van der Waals surface area contributed by atoms with E-state index >= 15 is 0 Å². The van der Waals surface area contributed by atoms with Crippen LogP contribution < -0.4 is 11.3 Å². The Labute approximate surface area is 94.6 Å². The van der Waals surface area contributed by atoms with E-state index in [1.54, 1.807) is 24.5 Å². The monoisotopic (exact) mass is 220 g/mol. The maximum Gasteiger partial charge on any atom is 0.253 e. The van der Waals surface area contributed by atoms with Crippen molar-refractivity contribution in [2.24, 2.45) is 5.84 Å². The van der Waals surface area contributed by atoms with E-state index < -0.39 is 0 Å². The van der Waals surface area contributed by atoms with E-state index in [0.29, 0.717) is 11.6 Å². The van der Waals surface area contributed by atoms with Crippen molar-refractivity contribution in [3.05, 3.63) is 30.1 Å². The highest BCUT2D eigenvalue weighted by Gasteiger charge is 2.22. The first-order chi connectivity index (χ1) is 7.81. The average Bonchev–Trinajstić information content (AvgIpc) is 2.39. The molecule has 1 aliphatic rings. The van der Waals surface area contributed by atoms with Gasteiger partial charge in [-0.3, -0.25) is 21.0 Å². The minimum absolute atomic E-state index is 0.0814. The summed E-state index contributed by atoms with van der Waals surface area (Å²) in [5.41, 5.74) is 3.46. The number of hydrogen-bond acceptors (Lipinski definition) is 4. The maximum absolute atomic E-state index is 12.0. The topological polar surface area (TPSA) is 71.2 Å². The maximum atomic E-state index is 12.0. The third-order valence-corrected chi connectivity index (χ3v) is 2.95. The number of hydrazine groups is 1. The smallest absolute Gasteiger partial charge is 0.253 e. The van der Waals surface area contributed by atoms with E-state index in [-0.39, 0.29) is 5.91 Å². The number of amides is 1. The van der Waals surface area contributed by atoms with E-state index in [2.05, 4.69) is 10.4 Å². The van der Waals surface area contributed by atoms with Crippen molar-refractivity contribution in [2.45, 2.75) is 18.9 Å². The number of carbonyl (C=O) groups excluding carboxylic acids is 1. The van der Waals surface area contributed by atoms with Crippen LogP contribution >= 0.6 is 0 Å². The highest BCUT2D eigenvalue weighted by Crippen LogP contribution is 2.12. The number of hydrogen-bond donors (Lipinski definition) is 2. The summed E-state index contributed by atoms with van der Waals surface area (Å²) in [7, 11) is 0. The molecule has 5 heteroatoms. The normalized spacial score (nSPS) is 17.4. The lowest BCUT2D eigenvalue weighted by atomic mass is 10.0. The summed E-state index contributed by atoms with van der Waals surface area (Å²) in [5, 5.41) is 0. The van der Waals surface area contributed by atoms with Gasteiger partial charge in [0.25, 0.3) is 5.91 Å². The largest absolute Gasteiger partial charge is 0.339 e. The molecule has 2 heterocycles. The second kappa shape index (κ2) is 5.05. The molecule has 2 rings (SSSR count). The van der Waals surface area contributed by atoms with Crippen LogP contribution in [0.15, 0.2) is 24.5 Å². The second-order valence-corrected chi connectivity index (χ2v) is 3.97. The van der Waals surface area contributed by atoms with E-state index in [4.69, 9.17) is 5.84 Å². The summed E-state index contributed by atoms with van der Waals surface area (Å²) in [4.78, 5) is 17.8. The Morgan fingerprint density at radius 2 is 2.00 bits per heavy atom. The SMILES string of the molecule is NNC1CCN(C(=O)c2ccncc2)CC1. The summed E-state index contributed by atoms with van der Waals surface area (Å²) in [6, 6.07) is 3.83. The number of piperidine rings is 1. The fourth-order valence-electron chi connectivity index (χ4n) is 1.93. The number of nitrogens with two attached hydrogens (primary N) is 1. The van der Waals surface area contributed by atoms with Crippen LogP contribution in [0.1, 0.15) is 23.2 Å². The van der Waals surface area contributed by atoms with Gasteiger partial charge >= 0.3 is 0 Å². The summed E-state index contributed by atoms with van der Waals surface area (Å²) in [5.74, 6) is 5.46. The molecule has 0 aliphatic carbocycles. The van der Waals surface area contributed by atoms with Crippen molar-refractivity contribution in [3.8, 4) is 0 Å². The van der Waals surface area contributed by atoms with Crippen LogP contribution in [0.4, 0.5) is 0 Å².